The molecule has 0 aromatic rings. The molecule has 20 heavy (non-hydrogen) atoms. The lowest BCUT2D eigenvalue weighted by Crippen LogP contribution is -2.44. The fourth-order valence-corrected chi connectivity index (χ4v) is 3.89. The van der Waals surface area contributed by atoms with Crippen molar-refractivity contribution in [2.75, 3.05) is 31.2 Å². The van der Waals surface area contributed by atoms with Crippen molar-refractivity contribution in [2.45, 2.75) is 32.2 Å². The number of hydrogen-bond acceptors (Lipinski definition) is 4. The molecule has 0 spiro atoms. The number of nitrogens with one attached hydrogen (secondary N) is 2. The number of aliphatic hydroxyl groups excluding tert-OH is 1. The molecule has 118 valence electrons. The highest BCUT2D eigenvalue weighted by Gasteiger charge is 2.41. The number of sulfone groups is 1. The maximum atomic E-state index is 11.4. The number of aliphatic hydroxyl groups is 1. The number of aliphatic imine (C=N–C) groups is 1. The summed E-state index contributed by atoms with van der Waals surface area (Å²) in [6.45, 7) is 3.48. The van der Waals surface area contributed by atoms with E-state index >= 15 is 0 Å². The third-order valence-corrected chi connectivity index (χ3v) is 5.55. The zero-order valence-corrected chi connectivity index (χ0v) is 14.9. The lowest BCUT2D eigenvalue weighted by atomic mass is 10.1. The van der Waals surface area contributed by atoms with Crippen LogP contribution in [0.15, 0.2) is 4.99 Å². The molecule has 0 radical (unpaired) electrons. The van der Waals surface area contributed by atoms with Gasteiger partial charge in [0, 0.05) is 18.0 Å². The van der Waals surface area contributed by atoms with Gasteiger partial charge in [0.1, 0.15) is 0 Å². The third-order valence-electron chi connectivity index (χ3n) is 3.78. The normalized spacial score (nSPS) is 26.7. The molecule has 6 nitrogen and oxygen atoms in total. The molecule has 1 saturated carbocycles. The molecule has 1 atom stereocenters. The second-order valence-electron chi connectivity index (χ2n) is 5.60. The Hall–Kier alpha value is -0.0900. The number of rotatable bonds is 5. The summed E-state index contributed by atoms with van der Waals surface area (Å²) in [6.07, 6.45) is 2.67. The van der Waals surface area contributed by atoms with Gasteiger partial charge >= 0.3 is 0 Å². The first kappa shape index (κ1) is 18.0. The second-order valence-corrected chi connectivity index (χ2v) is 7.83. The van der Waals surface area contributed by atoms with Crippen molar-refractivity contribution in [3.05, 3.63) is 0 Å². The van der Waals surface area contributed by atoms with Crippen LogP contribution in [0.3, 0.4) is 0 Å². The van der Waals surface area contributed by atoms with Gasteiger partial charge in [0.25, 0.3) is 0 Å². The molecule has 3 N–H and O–H groups in total. The van der Waals surface area contributed by atoms with Crippen molar-refractivity contribution < 1.29 is 13.5 Å². The highest BCUT2D eigenvalue weighted by atomic mass is 127. The summed E-state index contributed by atoms with van der Waals surface area (Å²) in [4.78, 5) is 4.47. The summed E-state index contributed by atoms with van der Waals surface area (Å²) in [5, 5.41) is 15.6. The largest absolute Gasteiger partial charge is 0.396 e. The fourth-order valence-electron chi connectivity index (χ4n) is 2.21. The number of halogens is 1. The summed E-state index contributed by atoms with van der Waals surface area (Å²) in [7, 11) is -2.88. The van der Waals surface area contributed by atoms with Crippen LogP contribution in [0.4, 0.5) is 0 Å². The van der Waals surface area contributed by atoms with Gasteiger partial charge in [0.15, 0.2) is 15.8 Å². The van der Waals surface area contributed by atoms with Crippen LogP contribution in [0.2, 0.25) is 0 Å². The van der Waals surface area contributed by atoms with Crippen molar-refractivity contribution in [1.82, 2.24) is 10.6 Å². The van der Waals surface area contributed by atoms with Crippen molar-refractivity contribution >= 4 is 39.8 Å². The van der Waals surface area contributed by atoms with Gasteiger partial charge in [-0.25, -0.2) is 8.42 Å². The van der Waals surface area contributed by atoms with Crippen LogP contribution in [0, 0.1) is 5.41 Å². The van der Waals surface area contributed by atoms with E-state index in [1.807, 2.05) is 6.92 Å². The maximum absolute atomic E-state index is 11.4. The topological polar surface area (TPSA) is 90.8 Å². The van der Waals surface area contributed by atoms with Crippen molar-refractivity contribution in [2.24, 2.45) is 10.4 Å². The summed E-state index contributed by atoms with van der Waals surface area (Å²) in [6, 6.07) is -0.0490. The van der Waals surface area contributed by atoms with Crippen molar-refractivity contribution in [3.63, 3.8) is 0 Å². The predicted molar refractivity (Wildman–Crippen MR) is 90.3 cm³/mol. The van der Waals surface area contributed by atoms with Crippen LogP contribution in [0.25, 0.3) is 0 Å². The molecule has 0 amide bonds. The molecule has 1 saturated heterocycles. The number of hydrogen-bond donors (Lipinski definition) is 3. The average Bonchev–Trinajstić information content (AvgIpc) is 3.06. The summed E-state index contributed by atoms with van der Waals surface area (Å²) < 4.78 is 22.8. The predicted octanol–water partition coefficient (Wildman–Crippen LogP) is 0.119. The van der Waals surface area contributed by atoms with E-state index in [0.29, 0.717) is 18.9 Å². The summed E-state index contributed by atoms with van der Waals surface area (Å²) in [5.74, 6) is 1.09. The Labute approximate surface area is 137 Å². The Morgan fingerprint density at radius 3 is 2.60 bits per heavy atom. The fraction of sp³-hybridized carbons (Fsp3) is 0.917. The Morgan fingerprint density at radius 2 is 2.15 bits per heavy atom. The van der Waals surface area contributed by atoms with Gasteiger partial charge in [-0.15, -0.1) is 24.0 Å². The smallest absolute Gasteiger partial charge is 0.191 e. The highest BCUT2D eigenvalue weighted by molar-refractivity contribution is 14.0. The molecule has 1 aliphatic heterocycles. The Morgan fingerprint density at radius 1 is 1.45 bits per heavy atom. The van der Waals surface area contributed by atoms with E-state index < -0.39 is 9.84 Å². The van der Waals surface area contributed by atoms with Crippen LogP contribution >= 0.6 is 24.0 Å². The van der Waals surface area contributed by atoms with Crippen LogP contribution in [0.1, 0.15) is 26.2 Å². The lowest BCUT2D eigenvalue weighted by molar-refractivity contribution is 0.217. The molecule has 1 heterocycles. The van der Waals surface area contributed by atoms with Gasteiger partial charge in [0.05, 0.1) is 24.7 Å². The average molecular weight is 417 g/mol. The Bertz CT molecular complexity index is 449. The Kier molecular flexibility index (Phi) is 6.52. The van der Waals surface area contributed by atoms with Crippen molar-refractivity contribution in [1.29, 1.82) is 0 Å². The van der Waals surface area contributed by atoms with E-state index in [0.717, 1.165) is 19.4 Å². The van der Waals surface area contributed by atoms with Gasteiger partial charge < -0.3 is 15.7 Å². The highest BCUT2D eigenvalue weighted by Crippen LogP contribution is 2.45. The quantitative estimate of drug-likeness (QED) is 0.336. The van der Waals surface area contributed by atoms with E-state index in [1.165, 1.54) is 0 Å². The molecule has 0 bridgehead atoms. The molecule has 2 rings (SSSR count). The second kappa shape index (κ2) is 7.26. The molecule has 1 aliphatic carbocycles. The number of guanidine groups is 1. The van der Waals surface area contributed by atoms with Crippen LogP contribution in [0.5, 0.6) is 0 Å². The molecule has 8 heteroatoms. The van der Waals surface area contributed by atoms with Gasteiger partial charge in [-0.2, -0.15) is 0 Å². The van der Waals surface area contributed by atoms with Crippen LogP contribution < -0.4 is 10.6 Å². The van der Waals surface area contributed by atoms with E-state index in [-0.39, 0.29) is 53.5 Å². The molecule has 0 aromatic heterocycles. The van der Waals surface area contributed by atoms with Crippen LogP contribution in [-0.2, 0) is 9.84 Å². The van der Waals surface area contributed by atoms with Crippen LogP contribution in [-0.4, -0.2) is 56.7 Å². The Balaban J connectivity index is 0.00000200. The molecule has 0 aromatic carbocycles. The van der Waals surface area contributed by atoms with Gasteiger partial charge in [-0.05, 0) is 26.2 Å². The molecule has 2 fully saturated rings. The first-order chi connectivity index (χ1) is 8.99. The van der Waals surface area contributed by atoms with Gasteiger partial charge in [0.2, 0.25) is 0 Å². The molecular weight excluding hydrogens is 393 g/mol. The van der Waals surface area contributed by atoms with Gasteiger partial charge in [-0.3, -0.25) is 4.99 Å². The molecule has 1 unspecified atom stereocenters. The van der Waals surface area contributed by atoms with E-state index in [4.69, 9.17) is 0 Å². The first-order valence-corrected chi connectivity index (χ1v) is 8.67. The first-order valence-electron chi connectivity index (χ1n) is 6.85. The maximum Gasteiger partial charge on any atom is 0.191 e. The summed E-state index contributed by atoms with van der Waals surface area (Å²) >= 11 is 0. The zero-order chi connectivity index (χ0) is 13.9. The molecule has 2 aliphatic rings. The monoisotopic (exact) mass is 417 g/mol. The minimum Gasteiger partial charge on any atom is -0.396 e. The minimum absolute atomic E-state index is 0. The van der Waals surface area contributed by atoms with E-state index in [2.05, 4.69) is 15.6 Å². The van der Waals surface area contributed by atoms with E-state index in [9.17, 15) is 13.5 Å². The van der Waals surface area contributed by atoms with Gasteiger partial charge in [-0.1, -0.05) is 0 Å². The van der Waals surface area contributed by atoms with Crippen molar-refractivity contribution in [3.8, 4) is 0 Å². The minimum atomic E-state index is -2.88. The lowest BCUT2D eigenvalue weighted by Gasteiger charge is -2.17. The SMILES string of the molecule is CCNC(=NCC1(CO)CC1)NC1CCS(=O)(=O)C1.I. The third kappa shape index (κ3) is 5.03. The van der Waals surface area contributed by atoms with E-state index in [1.54, 1.807) is 0 Å². The standard InChI is InChI=1S/C12H23N3O3S.HI/c1-2-13-11(14-8-12(9-16)4-5-12)15-10-3-6-19(17,18)7-10;/h10,16H,2-9H2,1H3,(H2,13,14,15);1H. The summed E-state index contributed by atoms with van der Waals surface area (Å²) in [5.41, 5.74) is -0.0237. The zero-order valence-electron chi connectivity index (χ0n) is 11.8. The molecular formula is C12H24IN3O3S. The number of nitrogens with zero attached hydrogens (tertiary/aromatic N) is 1.